The van der Waals surface area contributed by atoms with Gasteiger partial charge in [-0.15, -0.1) is 0 Å². The van der Waals surface area contributed by atoms with Crippen LogP contribution >= 0.6 is 39.1 Å². The highest BCUT2D eigenvalue weighted by molar-refractivity contribution is 9.10. The van der Waals surface area contributed by atoms with Crippen LogP contribution in [0.2, 0.25) is 10.0 Å². The Kier molecular flexibility index (Phi) is 6.72. The molecule has 1 aliphatic heterocycles. The molecule has 4 aromatic rings. The second-order valence-electron chi connectivity index (χ2n) is 8.79. The van der Waals surface area contributed by atoms with Gasteiger partial charge in [0.25, 0.3) is 0 Å². The zero-order valence-electron chi connectivity index (χ0n) is 18.4. The van der Waals surface area contributed by atoms with E-state index < -0.39 is 6.10 Å². The van der Waals surface area contributed by atoms with Crippen molar-refractivity contribution in [3.05, 3.63) is 80.7 Å². The number of aliphatic hydroxyl groups excluding tert-OH is 1. The predicted octanol–water partition coefficient (Wildman–Crippen LogP) is 6.56. The number of rotatable bonds is 5. The van der Waals surface area contributed by atoms with Crippen LogP contribution in [0.15, 0.2) is 65.1 Å². The Hall–Kier alpha value is -1.60. The molecule has 1 saturated heterocycles. The molecule has 7 heteroatoms. The third-order valence-electron chi connectivity index (χ3n) is 6.48. The summed E-state index contributed by atoms with van der Waals surface area (Å²) in [5.41, 5.74) is 3.41. The molecule has 172 valence electrons. The highest BCUT2D eigenvalue weighted by Gasteiger charge is 2.30. The highest BCUT2D eigenvalue weighted by atomic mass is 79.9. The lowest BCUT2D eigenvalue weighted by Gasteiger charge is -2.41. The standard InChI is InChI=1S/C26H26BrCl2N3O/c1-17(33)26(31-10-8-30(9-11-31)16-18-12-20(28)15-21(29)13-18)32-24-5-3-2-4-22(24)23-14-19(27)6-7-25(23)32/h2-7,12-15,17,26,33H,8-11,16H2,1H3. The van der Waals surface area contributed by atoms with Crippen molar-refractivity contribution in [1.82, 2.24) is 14.4 Å². The fourth-order valence-corrected chi connectivity index (χ4v) is 6.02. The Bertz CT molecular complexity index is 1280. The van der Waals surface area contributed by atoms with E-state index in [0.717, 1.165) is 53.8 Å². The lowest BCUT2D eigenvalue weighted by molar-refractivity contribution is -0.00679. The first kappa shape index (κ1) is 23.2. The van der Waals surface area contributed by atoms with Gasteiger partial charge in [-0.05, 0) is 55.0 Å². The zero-order valence-corrected chi connectivity index (χ0v) is 21.5. The number of aliphatic hydroxyl groups is 1. The molecule has 1 aromatic heterocycles. The zero-order chi connectivity index (χ0) is 23.1. The molecule has 0 amide bonds. The van der Waals surface area contributed by atoms with Crippen LogP contribution < -0.4 is 0 Å². The van der Waals surface area contributed by atoms with E-state index >= 15 is 0 Å². The van der Waals surface area contributed by atoms with Crippen molar-refractivity contribution in [2.75, 3.05) is 26.2 Å². The molecule has 2 atom stereocenters. The normalized spacial score (nSPS) is 17.6. The third kappa shape index (κ3) is 4.68. The minimum Gasteiger partial charge on any atom is -0.390 e. The summed E-state index contributed by atoms with van der Waals surface area (Å²) in [4.78, 5) is 4.82. The van der Waals surface area contributed by atoms with E-state index in [1.54, 1.807) is 6.07 Å². The lowest BCUT2D eigenvalue weighted by atomic mass is 10.1. The number of piperazine rings is 1. The Morgan fingerprint density at radius 1 is 0.879 bits per heavy atom. The highest BCUT2D eigenvalue weighted by Crippen LogP contribution is 2.36. The van der Waals surface area contributed by atoms with E-state index in [1.807, 2.05) is 19.1 Å². The number of nitrogens with zero attached hydrogens (tertiary/aromatic N) is 3. The summed E-state index contributed by atoms with van der Waals surface area (Å²) in [5, 5.41) is 14.7. The molecule has 3 aromatic carbocycles. The van der Waals surface area contributed by atoms with E-state index in [1.165, 1.54) is 10.8 Å². The monoisotopic (exact) mass is 545 g/mol. The Morgan fingerprint density at radius 2 is 1.55 bits per heavy atom. The molecule has 0 aliphatic carbocycles. The van der Waals surface area contributed by atoms with Crippen molar-refractivity contribution in [2.24, 2.45) is 0 Å². The van der Waals surface area contributed by atoms with Crippen molar-refractivity contribution in [1.29, 1.82) is 0 Å². The Morgan fingerprint density at radius 3 is 2.24 bits per heavy atom. The Labute approximate surface area is 212 Å². The van der Waals surface area contributed by atoms with Crippen molar-refractivity contribution < 1.29 is 5.11 Å². The van der Waals surface area contributed by atoms with Gasteiger partial charge in [-0.25, -0.2) is 0 Å². The molecule has 33 heavy (non-hydrogen) atoms. The van der Waals surface area contributed by atoms with Gasteiger partial charge in [0.1, 0.15) is 6.17 Å². The van der Waals surface area contributed by atoms with Gasteiger partial charge in [0, 0.05) is 58.0 Å². The first-order valence-corrected chi connectivity index (χ1v) is 12.7. The smallest absolute Gasteiger partial charge is 0.113 e. The van der Waals surface area contributed by atoms with Gasteiger partial charge in [0.05, 0.1) is 17.1 Å². The largest absolute Gasteiger partial charge is 0.390 e. The first-order chi connectivity index (χ1) is 15.9. The maximum Gasteiger partial charge on any atom is 0.113 e. The Balaban J connectivity index is 1.43. The average molecular weight is 547 g/mol. The molecule has 0 bridgehead atoms. The van der Waals surface area contributed by atoms with Crippen molar-refractivity contribution in [3.63, 3.8) is 0 Å². The first-order valence-electron chi connectivity index (χ1n) is 11.2. The summed E-state index contributed by atoms with van der Waals surface area (Å²) in [6.07, 6.45) is -0.665. The van der Waals surface area contributed by atoms with Gasteiger partial charge >= 0.3 is 0 Å². The number of fused-ring (bicyclic) bond motifs is 3. The van der Waals surface area contributed by atoms with Crippen LogP contribution in [0.1, 0.15) is 18.7 Å². The van der Waals surface area contributed by atoms with Crippen LogP contribution in [0.4, 0.5) is 0 Å². The van der Waals surface area contributed by atoms with Crippen LogP contribution in [0.3, 0.4) is 0 Å². The minimum absolute atomic E-state index is 0.142. The SMILES string of the molecule is CC(O)C(N1CCN(Cc2cc(Cl)cc(Cl)c2)CC1)n1c2ccccc2c2cc(Br)ccc21. The fourth-order valence-electron chi connectivity index (χ4n) is 5.09. The fraction of sp³-hybridized carbons (Fsp3) is 0.308. The second kappa shape index (κ2) is 9.57. The minimum atomic E-state index is -0.522. The van der Waals surface area contributed by atoms with Crippen molar-refractivity contribution in [2.45, 2.75) is 25.7 Å². The molecule has 1 N–H and O–H groups in total. The van der Waals surface area contributed by atoms with Crippen molar-refractivity contribution >= 4 is 60.9 Å². The second-order valence-corrected chi connectivity index (χ2v) is 10.6. The molecule has 2 unspecified atom stereocenters. The van der Waals surface area contributed by atoms with Gasteiger partial charge < -0.3 is 9.67 Å². The van der Waals surface area contributed by atoms with Crippen LogP contribution in [0.25, 0.3) is 21.8 Å². The summed E-state index contributed by atoms with van der Waals surface area (Å²) >= 11 is 16.0. The molecule has 0 spiro atoms. The molecule has 5 rings (SSSR count). The average Bonchev–Trinajstić information content (AvgIpc) is 3.08. The van der Waals surface area contributed by atoms with E-state index in [9.17, 15) is 5.11 Å². The number of halogens is 3. The molecular weight excluding hydrogens is 521 g/mol. The number of para-hydroxylation sites is 1. The van der Waals surface area contributed by atoms with Crippen molar-refractivity contribution in [3.8, 4) is 0 Å². The van der Waals surface area contributed by atoms with Crippen LogP contribution in [-0.2, 0) is 6.54 Å². The maximum absolute atomic E-state index is 11.0. The molecule has 0 saturated carbocycles. The molecule has 2 heterocycles. The molecule has 4 nitrogen and oxygen atoms in total. The number of aromatic nitrogens is 1. The number of hydrogen-bond donors (Lipinski definition) is 1. The van der Waals surface area contributed by atoms with Crippen LogP contribution in [0.5, 0.6) is 0 Å². The predicted molar refractivity (Wildman–Crippen MR) is 141 cm³/mol. The van der Waals surface area contributed by atoms with Crippen LogP contribution in [0, 0.1) is 0 Å². The molecular formula is C26H26BrCl2N3O. The van der Waals surface area contributed by atoms with E-state index in [0.29, 0.717) is 10.0 Å². The van der Waals surface area contributed by atoms with Crippen LogP contribution in [-0.4, -0.2) is 51.8 Å². The summed E-state index contributed by atoms with van der Waals surface area (Å²) < 4.78 is 3.37. The number of hydrogen-bond acceptors (Lipinski definition) is 3. The topological polar surface area (TPSA) is 31.6 Å². The molecule has 1 fully saturated rings. The van der Waals surface area contributed by atoms with E-state index in [2.05, 4.69) is 72.8 Å². The van der Waals surface area contributed by atoms with E-state index in [4.69, 9.17) is 23.2 Å². The molecule has 0 radical (unpaired) electrons. The van der Waals surface area contributed by atoms with Gasteiger partial charge in [-0.2, -0.15) is 0 Å². The van der Waals surface area contributed by atoms with Gasteiger partial charge in [-0.3, -0.25) is 9.80 Å². The lowest BCUT2D eigenvalue weighted by Crippen LogP contribution is -2.50. The van der Waals surface area contributed by atoms with Gasteiger partial charge in [0.15, 0.2) is 0 Å². The third-order valence-corrected chi connectivity index (χ3v) is 7.41. The summed E-state index contributed by atoms with van der Waals surface area (Å²) in [5.74, 6) is 0. The number of benzene rings is 3. The summed E-state index contributed by atoms with van der Waals surface area (Å²) in [6.45, 7) is 6.27. The maximum atomic E-state index is 11.0. The molecule has 1 aliphatic rings. The van der Waals surface area contributed by atoms with Gasteiger partial charge in [-0.1, -0.05) is 57.3 Å². The summed E-state index contributed by atoms with van der Waals surface area (Å²) in [6, 6.07) is 20.6. The van der Waals surface area contributed by atoms with E-state index in [-0.39, 0.29) is 6.17 Å². The quantitative estimate of drug-likeness (QED) is 0.307. The van der Waals surface area contributed by atoms with Gasteiger partial charge in [0.2, 0.25) is 0 Å². The summed E-state index contributed by atoms with van der Waals surface area (Å²) in [7, 11) is 0.